The summed E-state index contributed by atoms with van der Waals surface area (Å²) >= 11 is 1.74. The van der Waals surface area contributed by atoms with Crippen LogP contribution in [0.15, 0.2) is 24.4 Å². The molecule has 2 heterocycles. The van der Waals surface area contributed by atoms with Crippen LogP contribution in [0.4, 0.5) is 0 Å². The van der Waals surface area contributed by atoms with Gasteiger partial charge in [-0.05, 0) is 37.1 Å². The van der Waals surface area contributed by atoms with Crippen molar-refractivity contribution in [1.29, 1.82) is 0 Å². The van der Waals surface area contributed by atoms with Crippen LogP contribution in [0.3, 0.4) is 0 Å². The van der Waals surface area contributed by atoms with Gasteiger partial charge in [-0.15, -0.1) is 0 Å². The molecular weight excluding hydrogens is 230 g/mol. The number of imidazole rings is 1. The van der Waals surface area contributed by atoms with Crippen molar-refractivity contribution in [1.82, 2.24) is 9.38 Å². The molecule has 4 heteroatoms. The van der Waals surface area contributed by atoms with Crippen LogP contribution in [0.1, 0.15) is 24.1 Å². The van der Waals surface area contributed by atoms with Crippen molar-refractivity contribution in [2.75, 3.05) is 6.54 Å². The van der Waals surface area contributed by atoms with Crippen LogP contribution < -0.4 is 5.73 Å². The van der Waals surface area contributed by atoms with Crippen LogP contribution >= 0.6 is 11.3 Å². The number of hydrogen-bond acceptors (Lipinski definition) is 3. The third-order valence-electron chi connectivity index (χ3n) is 3.16. The van der Waals surface area contributed by atoms with Gasteiger partial charge < -0.3 is 5.73 Å². The molecule has 3 nitrogen and oxygen atoms in total. The van der Waals surface area contributed by atoms with Crippen LogP contribution in [-0.4, -0.2) is 15.9 Å². The first-order valence-electron chi connectivity index (χ1n) is 5.77. The van der Waals surface area contributed by atoms with E-state index in [0.29, 0.717) is 12.5 Å². The zero-order valence-electron chi connectivity index (χ0n) is 9.97. The minimum atomic E-state index is 0.413. The largest absolute Gasteiger partial charge is 0.330 e. The quantitative estimate of drug-likeness (QED) is 0.754. The number of nitrogens with zero attached hydrogens (tertiary/aromatic N) is 2. The van der Waals surface area contributed by atoms with Gasteiger partial charge in [-0.2, -0.15) is 0 Å². The van der Waals surface area contributed by atoms with E-state index < -0.39 is 0 Å². The number of nitrogens with two attached hydrogens (primary N) is 1. The van der Waals surface area contributed by atoms with Gasteiger partial charge in [0.05, 0.1) is 15.9 Å². The van der Waals surface area contributed by atoms with Crippen molar-refractivity contribution < 1.29 is 0 Å². The fourth-order valence-corrected chi connectivity index (χ4v) is 3.17. The standard InChI is InChI=1S/C13H15N3S/c1-8(6-14)10-3-4-11-12(5-10)17-13-15-9(2)7-16(11)13/h3-5,7-8H,6,14H2,1-2H3. The van der Waals surface area contributed by atoms with Crippen LogP contribution in [0.5, 0.6) is 0 Å². The number of fused-ring (bicyclic) bond motifs is 3. The van der Waals surface area contributed by atoms with Gasteiger partial charge >= 0.3 is 0 Å². The van der Waals surface area contributed by atoms with E-state index in [1.165, 1.54) is 15.8 Å². The van der Waals surface area contributed by atoms with E-state index in [-0.39, 0.29) is 0 Å². The second kappa shape index (κ2) is 3.82. The predicted molar refractivity (Wildman–Crippen MR) is 72.8 cm³/mol. The molecule has 1 atom stereocenters. The number of hydrogen-bond donors (Lipinski definition) is 1. The Morgan fingerprint density at radius 3 is 3.06 bits per heavy atom. The summed E-state index contributed by atoms with van der Waals surface area (Å²) in [6.45, 7) is 4.87. The highest BCUT2D eigenvalue weighted by Crippen LogP contribution is 2.29. The summed E-state index contributed by atoms with van der Waals surface area (Å²) < 4.78 is 3.44. The smallest absolute Gasteiger partial charge is 0.194 e. The first-order valence-corrected chi connectivity index (χ1v) is 6.59. The molecule has 0 fully saturated rings. The molecule has 17 heavy (non-hydrogen) atoms. The fraction of sp³-hybridized carbons (Fsp3) is 0.308. The maximum atomic E-state index is 5.71. The minimum absolute atomic E-state index is 0.413. The first-order chi connectivity index (χ1) is 8.19. The van der Waals surface area contributed by atoms with Gasteiger partial charge in [0.2, 0.25) is 0 Å². The number of thiazole rings is 1. The lowest BCUT2D eigenvalue weighted by atomic mass is 10.0. The second-order valence-corrected chi connectivity index (χ2v) is 5.51. The molecule has 1 unspecified atom stereocenters. The van der Waals surface area contributed by atoms with Gasteiger partial charge in [0.25, 0.3) is 0 Å². The van der Waals surface area contributed by atoms with Crippen molar-refractivity contribution in [3.8, 4) is 0 Å². The van der Waals surface area contributed by atoms with Crippen LogP contribution in [0.25, 0.3) is 15.2 Å². The summed E-state index contributed by atoms with van der Waals surface area (Å²) in [4.78, 5) is 5.57. The van der Waals surface area contributed by atoms with Crippen LogP contribution in [0, 0.1) is 6.92 Å². The lowest BCUT2D eigenvalue weighted by Crippen LogP contribution is -2.08. The average Bonchev–Trinajstić information content (AvgIpc) is 2.82. The van der Waals surface area contributed by atoms with Crippen molar-refractivity contribution >= 4 is 26.5 Å². The molecule has 0 amide bonds. The summed E-state index contributed by atoms with van der Waals surface area (Å²) in [5, 5.41) is 0. The van der Waals surface area contributed by atoms with Gasteiger partial charge in [-0.3, -0.25) is 4.40 Å². The molecule has 2 N–H and O–H groups in total. The van der Waals surface area contributed by atoms with Gasteiger partial charge in [-0.1, -0.05) is 24.3 Å². The maximum Gasteiger partial charge on any atom is 0.194 e. The second-order valence-electron chi connectivity index (χ2n) is 4.50. The molecule has 0 aliphatic rings. The van der Waals surface area contributed by atoms with E-state index in [1.807, 2.05) is 6.92 Å². The molecule has 0 aliphatic carbocycles. The Morgan fingerprint density at radius 2 is 2.29 bits per heavy atom. The summed E-state index contributed by atoms with van der Waals surface area (Å²) in [5.74, 6) is 0.413. The normalized spacial score (nSPS) is 13.6. The van der Waals surface area contributed by atoms with E-state index >= 15 is 0 Å². The zero-order valence-corrected chi connectivity index (χ0v) is 10.8. The minimum Gasteiger partial charge on any atom is -0.330 e. The van der Waals surface area contributed by atoms with Crippen molar-refractivity contribution in [3.63, 3.8) is 0 Å². The number of benzene rings is 1. The predicted octanol–water partition coefficient (Wildman–Crippen LogP) is 2.92. The third kappa shape index (κ3) is 1.64. The topological polar surface area (TPSA) is 43.3 Å². The van der Waals surface area contributed by atoms with Crippen LogP contribution in [0.2, 0.25) is 0 Å². The molecular formula is C13H15N3S. The molecule has 0 spiro atoms. The van der Waals surface area contributed by atoms with Crippen molar-refractivity contribution in [2.24, 2.45) is 5.73 Å². The number of aryl methyl sites for hydroxylation is 1. The highest BCUT2D eigenvalue weighted by molar-refractivity contribution is 7.23. The first kappa shape index (κ1) is 10.7. The lowest BCUT2D eigenvalue weighted by Gasteiger charge is -2.08. The summed E-state index contributed by atoms with van der Waals surface area (Å²) in [6, 6.07) is 6.57. The van der Waals surface area contributed by atoms with E-state index in [0.717, 1.165) is 10.7 Å². The third-order valence-corrected chi connectivity index (χ3v) is 4.18. The molecule has 88 valence electrons. The van der Waals surface area contributed by atoms with Crippen molar-refractivity contribution in [2.45, 2.75) is 19.8 Å². The molecule has 0 saturated carbocycles. The molecule has 3 aromatic rings. The fourth-order valence-electron chi connectivity index (χ4n) is 2.07. The van der Waals surface area contributed by atoms with E-state index in [4.69, 9.17) is 5.73 Å². The SMILES string of the molecule is Cc1cn2c(n1)sc1cc(C(C)CN)ccc12. The number of aromatic nitrogens is 2. The number of rotatable bonds is 2. The molecule has 3 rings (SSSR count). The zero-order chi connectivity index (χ0) is 12.0. The Balaban J connectivity index is 2.23. The maximum absolute atomic E-state index is 5.71. The highest BCUT2D eigenvalue weighted by Gasteiger charge is 2.09. The van der Waals surface area contributed by atoms with Gasteiger partial charge in [0.1, 0.15) is 0 Å². The van der Waals surface area contributed by atoms with E-state index in [9.17, 15) is 0 Å². The Hall–Kier alpha value is -1.39. The van der Waals surface area contributed by atoms with Crippen molar-refractivity contribution in [3.05, 3.63) is 35.7 Å². The highest BCUT2D eigenvalue weighted by atomic mass is 32.1. The molecule has 0 radical (unpaired) electrons. The van der Waals surface area contributed by atoms with Gasteiger partial charge in [0.15, 0.2) is 4.96 Å². The molecule has 1 aromatic carbocycles. The van der Waals surface area contributed by atoms with E-state index in [2.05, 4.69) is 40.7 Å². The molecule has 0 bridgehead atoms. The molecule has 0 aliphatic heterocycles. The summed E-state index contributed by atoms with van der Waals surface area (Å²) in [6.07, 6.45) is 2.08. The average molecular weight is 245 g/mol. The lowest BCUT2D eigenvalue weighted by molar-refractivity contribution is 0.775. The summed E-state index contributed by atoms with van der Waals surface area (Å²) in [7, 11) is 0. The van der Waals surface area contributed by atoms with Crippen LogP contribution in [-0.2, 0) is 0 Å². The Morgan fingerprint density at radius 1 is 1.47 bits per heavy atom. The van der Waals surface area contributed by atoms with Gasteiger partial charge in [-0.25, -0.2) is 4.98 Å². The molecule has 0 saturated heterocycles. The van der Waals surface area contributed by atoms with Gasteiger partial charge in [0, 0.05) is 6.20 Å². The summed E-state index contributed by atoms with van der Waals surface area (Å²) in [5.41, 5.74) is 9.32. The Kier molecular flexibility index (Phi) is 2.42. The molecule has 2 aromatic heterocycles. The monoisotopic (exact) mass is 245 g/mol. The Labute approximate surface area is 104 Å². The van der Waals surface area contributed by atoms with E-state index in [1.54, 1.807) is 11.3 Å². The Bertz CT molecular complexity index is 680.